The second-order valence-corrected chi connectivity index (χ2v) is 4.53. The summed E-state index contributed by atoms with van der Waals surface area (Å²) in [6.45, 7) is 0. The van der Waals surface area contributed by atoms with Crippen LogP contribution < -0.4 is 5.32 Å². The van der Waals surface area contributed by atoms with Gasteiger partial charge in [-0.3, -0.25) is 4.98 Å². The molecule has 0 spiro atoms. The first kappa shape index (κ1) is 10.2. The highest BCUT2D eigenvalue weighted by Crippen LogP contribution is 2.33. The van der Waals surface area contributed by atoms with Gasteiger partial charge in [0.05, 0.1) is 11.1 Å². The van der Waals surface area contributed by atoms with E-state index in [0.717, 1.165) is 16.1 Å². The summed E-state index contributed by atoms with van der Waals surface area (Å²) in [4.78, 5) is 3.94. The van der Waals surface area contributed by atoms with Crippen LogP contribution in [0.3, 0.4) is 0 Å². The number of fused-ring (bicyclic) bond motifs is 1. The van der Waals surface area contributed by atoms with Gasteiger partial charge in [-0.2, -0.15) is 0 Å². The molecule has 0 fully saturated rings. The number of benzene rings is 1. The molecule has 0 atom stereocenters. The molecule has 0 saturated heterocycles. The van der Waals surface area contributed by atoms with E-state index < -0.39 is 0 Å². The highest BCUT2D eigenvalue weighted by Gasteiger charge is 2.08. The zero-order valence-corrected chi connectivity index (χ0v) is 9.67. The Labute approximate surface area is 102 Å². The average molecular weight is 244 g/mol. The van der Waals surface area contributed by atoms with E-state index in [0.29, 0.717) is 5.39 Å². The molecular weight excluding hydrogens is 235 g/mol. The number of halogens is 1. The molecule has 0 unspecified atom stereocenters. The molecule has 1 N–H and O–H groups in total. The van der Waals surface area contributed by atoms with E-state index in [1.54, 1.807) is 18.5 Å². The lowest BCUT2D eigenvalue weighted by Gasteiger charge is -2.04. The first-order chi connectivity index (χ1) is 8.34. The van der Waals surface area contributed by atoms with Crippen LogP contribution in [0.25, 0.3) is 10.1 Å². The number of thiophene rings is 1. The van der Waals surface area contributed by atoms with Crippen LogP contribution in [-0.4, -0.2) is 4.98 Å². The van der Waals surface area contributed by atoms with Crippen molar-refractivity contribution in [2.75, 3.05) is 5.32 Å². The molecule has 0 saturated carbocycles. The molecule has 0 aliphatic heterocycles. The monoisotopic (exact) mass is 244 g/mol. The number of rotatable bonds is 2. The average Bonchev–Trinajstić information content (AvgIpc) is 2.75. The Morgan fingerprint density at radius 2 is 1.94 bits per heavy atom. The van der Waals surface area contributed by atoms with E-state index in [-0.39, 0.29) is 5.82 Å². The highest BCUT2D eigenvalue weighted by molar-refractivity contribution is 7.17. The molecule has 0 aliphatic carbocycles. The molecule has 4 heteroatoms. The highest BCUT2D eigenvalue weighted by atomic mass is 32.1. The van der Waals surface area contributed by atoms with Gasteiger partial charge in [-0.25, -0.2) is 4.39 Å². The van der Waals surface area contributed by atoms with Crippen molar-refractivity contribution in [3.05, 3.63) is 53.9 Å². The summed E-state index contributed by atoms with van der Waals surface area (Å²) >= 11 is 1.53. The van der Waals surface area contributed by atoms with E-state index in [4.69, 9.17) is 0 Å². The van der Waals surface area contributed by atoms with E-state index in [1.165, 1.54) is 17.4 Å². The van der Waals surface area contributed by atoms with Crippen LogP contribution in [0, 0.1) is 5.82 Å². The molecule has 84 valence electrons. The van der Waals surface area contributed by atoms with Gasteiger partial charge in [-0.15, -0.1) is 11.3 Å². The number of pyridine rings is 1. The summed E-state index contributed by atoms with van der Waals surface area (Å²) < 4.78 is 14.7. The van der Waals surface area contributed by atoms with Crippen LogP contribution >= 0.6 is 11.3 Å². The maximum absolute atomic E-state index is 13.7. The van der Waals surface area contributed by atoms with Gasteiger partial charge >= 0.3 is 0 Å². The van der Waals surface area contributed by atoms with Gasteiger partial charge in [0.15, 0.2) is 0 Å². The van der Waals surface area contributed by atoms with Crippen LogP contribution in [0.15, 0.2) is 48.1 Å². The third-order valence-electron chi connectivity index (χ3n) is 2.51. The molecule has 17 heavy (non-hydrogen) atoms. The minimum atomic E-state index is -0.194. The molecule has 2 heterocycles. The van der Waals surface area contributed by atoms with Gasteiger partial charge in [0, 0.05) is 28.2 Å². The van der Waals surface area contributed by atoms with Gasteiger partial charge in [-0.1, -0.05) is 6.07 Å². The van der Waals surface area contributed by atoms with Crippen LogP contribution in [0.2, 0.25) is 0 Å². The maximum atomic E-state index is 13.7. The minimum Gasteiger partial charge on any atom is -0.354 e. The molecule has 3 aromatic rings. The lowest BCUT2D eigenvalue weighted by Crippen LogP contribution is -1.89. The Hall–Kier alpha value is -1.94. The fraction of sp³-hybridized carbons (Fsp3) is 0. The van der Waals surface area contributed by atoms with Crippen molar-refractivity contribution in [2.24, 2.45) is 0 Å². The molecule has 0 bridgehead atoms. The Morgan fingerprint density at radius 3 is 2.76 bits per heavy atom. The number of hydrogen-bond donors (Lipinski definition) is 1. The number of nitrogens with one attached hydrogen (secondary N) is 1. The zero-order valence-electron chi connectivity index (χ0n) is 8.85. The summed E-state index contributed by atoms with van der Waals surface area (Å²) in [6.07, 6.45) is 3.40. The van der Waals surface area contributed by atoms with E-state index in [9.17, 15) is 4.39 Å². The smallest absolute Gasteiger partial charge is 0.133 e. The standard InChI is InChI=1S/C13H9FN2S/c14-10-2-1-3-12-13(10)11(8-17-12)16-9-4-6-15-7-5-9/h1-8H,(H,15,16). The SMILES string of the molecule is Fc1cccc2scc(Nc3ccncc3)c12. The van der Waals surface area contributed by atoms with Crippen molar-refractivity contribution in [2.45, 2.75) is 0 Å². The molecular formula is C13H9FN2S. The van der Waals surface area contributed by atoms with Crippen LogP contribution in [0.4, 0.5) is 15.8 Å². The normalized spacial score (nSPS) is 10.6. The summed E-state index contributed by atoms with van der Waals surface area (Å²) in [5.74, 6) is -0.194. The van der Waals surface area contributed by atoms with E-state index in [2.05, 4.69) is 10.3 Å². The molecule has 1 aromatic carbocycles. The summed E-state index contributed by atoms with van der Waals surface area (Å²) in [5, 5.41) is 5.77. The van der Waals surface area contributed by atoms with E-state index in [1.807, 2.05) is 23.6 Å². The Kier molecular flexibility index (Phi) is 2.49. The quantitative estimate of drug-likeness (QED) is 0.731. The van der Waals surface area contributed by atoms with E-state index >= 15 is 0 Å². The predicted octanol–water partition coefficient (Wildman–Crippen LogP) is 4.18. The Morgan fingerprint density at radius 1 is 1.12 bits per heavy atom. The second-order valence-electron chi connectivity index (χ2n) is 3.62. The predicted molar refractivity (Wildman–Crippen MR) is 69.3 cm³/mol. The van der Waals surface area contributed by atoms with Crippen molar-refractivity contribution < 1.29 is 4.39 Å². The van der Waals surface area contributed by atoms with Crippen molar-refractivity contribution in [3.8, 4) is 0 Å². The first-order valence-electron chi connectivity index (χ1n) is 5.17. The second kappa shape index (κ2) is 4.14. The summed E-state index contributed by atoms with van der Waals surface area (Å²) in [6, 6.07) is 8.83. The molecule has 3 rings (SSSR count). The number of hydrogen-bond acceptors (Lipinski definition) is 3. The fourth-order valence-corrected chi connectivity index (χ4v) is 2.63. The van der Waals surface area contributed by atoms with Crippen LogP contribution in [0.5, 0.6) is 0 Å². The molecule has 2 aromatic heterocycles. The lowest BCUT2D eigenvalue weighted by molar-refractivity contribution is 0.640. The minimum absolute atomic E-state index is 0.194. The van der Waals surface area contributed by atoms with Gasteiger partial charge in [0.1, 0.15) is 5.82 Å². The Bertz CT molecular complexity index is 649. The summed E-state index contributed by atoms with van der Waals surface area (Å²) in [5.41, 5.74) is 1.71. The van der Waals surface area contributed by atoms with Crippen molar-refractivity contribution in [3.63, 3.8) is 0 Å². The topological polar surface area (TPSA) is 24.9 Å². The Balaban J connectivity index is 2.07. The summed E-state index contributed by atoms with van der Waals surface area (Å²) in [7, 11) is 0. The van der Waals surface area contributed by atoms with Crippen molar-refractivity contribution >= 4 is 32.8 Å². The molecule has 0 radical (unpaired) electrons. The third-order valence-corrected chi connectivity index (χ3v) is 3.46. The first-order valence-corrected chi connectivity index (χ1v) is 6.05. The lowest BCUT2D eigenvalue weighted by atomic mass is 10.2. The third kappa shape index (κ3) is 1.87. The van der Waals surface area contributed by atoms with Crippen LogP contribution in [0.1, 0.15) is 0 Å². The van der Waals surface area contributed by atoms with Crippen molar-refractivity contribution in [1.29, 1.82) is 0 Å². The molecule has 0 aliphatic rings. The number of anilines is 2. The van der Waals surface area contributed by atoms with Gasteiger partial charge in [-0.05, 0) is 24.3 Å². The van der Waals surface area contributed by atoms with Gasteiger partial charge in [0.25, 0.3) is 0 Å². The maximum Gasteiger partial charge on any atom is 0.133 e. The molecule has 2 nitrogen and oxygen atoms in total. The zero-order chi connectivity index (χ0) is 11.7. The number of nitrogens with zero attached hydrogens (tertiary/aromatic N) is 1. The largest absolute Gasteiger partial charge is 0.354 e. The van der Waals surface area contributed by atoms with Gasteiger partial charge < -0.3 is 5.32 Å². The van der Waals surface area contributed by atoms with Crippen molar-refractivity contribution in [1.82, 2.24) is 4.98 Å². The van der Waals surface area contributed by atoms with Crippen LogP contribution in [-0.2, 0) is 0 Å². The fourth-order valence-electron chi connectivity index (χ4n) is 1.73. The van der Waals surface area contributed by atoms with Gasteiger partial charge in [0.2, 0.25) is 0 Å². The molecule has 0 amide bonds. The number of aromatic nitrogens is 1.